The number of nitrogens with zero attached hydrogens (tertiary/aromatic N) is 1. The number of aryl methyl sites for hydroxylation is 1. The van der Waals surface area contributed by atoms with Gasteiger partial charge in [-0.05, 0) is 49.6 Å². The Morgan fingerprint density at radius 1 is 1.11 bits per heavy atom. The lowest BCUT2D eigenvalue weighted by atomic mass is 9.74. The van der Waals surface area contributed by atoms with E-state index in [0.29, 0.717) is 17.1 Å². The van der Waals surface area contributed by atoms with Crippen LogP contribution in [0.5, 0.6) is 5.75 Å². The van der Waals surface area contributed by atoms with Crippen LogP contribution in [-0.2, 0) is 15.4 Å². The molecule has 4 nitrogen and oxygen atoms in total. The van der Waals surface area contributed by atoms with E-state index >= 15 is 0 Å². The summed E-state index contributed by atoms with van der Waals surface area (Å²) in [6.07, 6.45) is 3.69. The molecule has 1 aliphatic rings. The smallest absolute Gasteiger partial charge is 0.264 e. The largest absolute Gasteiger partial charge is 0.497 e. The Balaban J connectivity index is 1.99. The quantitative estimate of drug-likeness (QED) is 0.655. The highest BCUT2D eigenvalue weighted by atomic mass is 32.2. The first-order valence-electron chi connectivity index (χ1n) is 9.78. The van der Waals surface area contributed by atoms with Crippen molar-refractivity contribution < 1.29 is 13.2 Å². The molecule has 1 aliphatic heterocycles. The summed E-state index contributed by atoms with van der Waals surface area (Å²) in [5, 5.41) is 0. The third-order valence-corrected chi connectivity index (χ3v) is 7.65. The van der Waals surface area contributed by atoms with Crippen LogP contribution < -0.4 is 4.74 Å². The van der Waals surface area contributed by atoms with Gasteiger partial charge in [0.15, 0.2) is 0 Å². The molecule has 3 rings (SSSR count). The standard InChI is InChI=1S/C23H29NO3S/c1-5-6-15-23(20-9-11-21(27-4)12-10-20)16-17-24(19(23)3)28(25,26)22-13-7-18(2)8-14-22/h7-14H,3,5-6,15-17H2,1-2,4H3/t23-/m0/s1. The Hall–Kier alpha value is -2.27. The number of unbranched alkanes of at least 4 members (excludes halogenated alkanes) is 1. The SMILES string of the molecule is C=C1N(S(=O)(=O)c2ccc(C)cc2)CC[C@]1(CCCC)c1ccc(OC)cc1. The third-order valence-electron chi connectivity index (χ3n) is 5.80. The summed E-state index contributed by atoms with van der Waals surface area (Å²) in [6, 6.07) is 15.0. The lowest BCUT2D eigenvalue weighted by Crippen LogP contribution is -2.32. The number of rotatable bonds is 7. The van der Waals surface area contributed by atoms with Gasteiger partial charge in [-0.25, -0.2) is 8.42 Å². The molecule has 2 aromatic rings. The number of hydrogen-bond donors (Lipinski definition) is 0. The van der Waals surface area contributed by atoms with Crippen LogP contribution in [0.15, 0.2) is 65.7 Å². The van der Waals surface area contributed by atoms with Gasteiger partial charge >= 0.3 is 0 Å². The molecule has 1 heterocycles. The summed E-state index contributed by atoms with van der Waals surface area (Å²) >= 11 is 0. The van der Waals surface area contributed by atoms with Crippen molar-refractivity contribution >= 4 is 10.0 Å². The van der Waals surface area contributed by atoms with Gasteiger partial charge in [0, 0.05) is 17.7 Å². The maximum absolute atomic E-state index is 13.3. The predicted octanol–water partition coefficient (Wildman–Crippen LogP) is 5.04. The van der Waals surface area contributed by atoms with Crippen LogP contribution in [0.4, 0.5) is 0 Å². The Labute approximate surface area is 168 Å². The summed E-state index contributed by atoms with van der Waals surface area (Å²) < 4.78 is 33.4. The van der Waals surface area contributed by atoms with Gasteiger partial charge in [0.1, 0.15) is 5.75 Å². The van der Waals surface area contributed by atoms with E-state index in [4.69, 9.17) is 4.74 Å². The molecule has 0 N–H and O–H groups in total. The lowest BCUT2D eigenvalue weighted by molar-refractivity contribution is 0.412. The Morgan fingerprint density at radius 2 is 1.75 bits per heavy atom. The molecule has 1 fully saturated rings. The minimum atomic E-state index is -3.61. The first kappa shape index (κ1) is 20.5. The normalized spacial score (nSPS) is 19.8. The van der Waals surface area contributed by atoms with E-state index in [2.05, 4.69) is 13.5 Å². The van der Waals surface area contributed by atoms with Crippen LogP contribution in [0, 0.1) is 6.92 Å². The second kappa shape index (κ2) is 8.00. The second-order valence-electron chi connectivity index (χ2n) is 7.50. The van der Waals surface area contributed by atoms with Crippen LogP contribution in [0.2, 0.25) is 0 Å². The van der Waals surface area contributed by atoms with Gasteiger partial charge in [0.25, 0.3) is 10.0 Å². The minimum absolute atomic E-state index is 0.320. The molecule has 1 saturated heterocycles. The van der Waals surface area contributed by atoms with Gasteiger partial charge in [-0.1, -0.05) is 56.2 Å². The van der Waals surface area contributed by atoms with E-state index in [1.807, 2.05) is 43.3 Å². The van der Waals surface area contributed by atoms with Gasteiger partial charge < -0.3 is 4.74 Å². The molecule has 2 aromatic carbocycles. The van der Waals surface area contributed by atoms with Crippen LogP contribution in [0.1, 0.15) is 43.7 Å². The molecule has 28 heavy (non-hydrogen) atoms. The number of hydrogen-bond acceptors (Lipinski definition) is 3. The molecule has 0 bridgehead atoms. The highest BCUT2D eigenvalue weighted by molar-refractivity contribution is 7.89. The van der Waals surface area contributed by atoms with Gasteiger partial charge in [0.05, 0.1) is 12.0 Å². The fourth-order valence-corrected chi connectivity index (χ4v) is 5.56. The van der Waals surface area contributed by atoms with Crippen molar-refractivity contribution in [2.75, 3.05) is 13.7 Å². The van der Waals surface area contributed by atoms with Gasteiger partial charge in [-0.2, -0.15) is 0 Å². The molecule has 0 saturated carbocycles. The number of ether oxygens (including phenoxy) is 1. The Kier molecular flexibility index (Phi) is 5.84. The fraction of sp³-hybridized carbons (Fsp3) is 0.391. The van der Waals surface area contributed by atoms with Crippen LogP contribution in [0.3, 0.4) is 0 Å². The number of allylic oxidation sites excluding steroid dienone is 1. The first-order valence-corrected chi connectivity index (χ1v) is 11.2. The Bertz CT molecular complexity index is 933. The van der Waals surface area contributed by atoms with E-state index in [-0.39, 0.29) is 5.41 Å². The van der Waals surface area contributed by atoms with Crippen molar-refractivity contribution in [2.24, 2.45) is 0 Å². The maximum atomic E-state index is 13.3. The summed E-state index contributed by atoms with van der Waals surface area (Å²) in [5.41, 5.74) is 2.45. The van der Waals surface area contributed by atoms with Crippen molar-refractivity contribution in [3.8, 4) is 5.75 Å². The van der Waals surface area contributed by atoms with E-state index in [0.717, 1.165) is 42.6 Å². The molecule has 0 unspecified atom stereocenters. The average molecular weight is 400 g/mol. The molecule has 0 amide bonds. The topological polar surface area (TPSA) is 46.6 Å². The van der Waals surface area contributed by atoms with Gasteiger partial charge in [0.2, 0.25) is 0 Å². The van der Waals surface area contributed by atoms with Crippen molar-refractivity contribution in [1.82, 2.24) is 4.31 Å². The highest BCUT2D eigenvalue weighted by Crippen LogP contribution is 2.48. The number of methoxy groups -OCH3 is 1. The number of benzene rings is 2. The predicted molar refractivity (Wildman–Crippen MR) is 113 cm³/mol. The third kappa shape index (κ3) is 3.55. The zero-order chi connectivity index (χ0) is 20.4. The molecule has 5 heteroatoms. The van der Waals surface area contributed by atoms with Crippen LogP contribution >= 0.6 is 0 Å². The molecule has 0 aromatic heterocycles. The van der Waals surface area contributed by atoms with E-state index in [1.54, 1.807) is 19.2 Å². The second-order valence-corrected chi connectivity index (χ2v) is 9.36. The summed E-state index contributed by atoms with van der Waals surface area (Å²) in [4.78, 5) is 0.320. The molecule has 0 aliphatic carbocycles. The summed E-state index contributed by atoms with van der Waals surface area (Å²) in [6.45, 7) is 8.84. The van der Waals surface area contributed by atoms with E-state index in [9.17, 15) is 8.42 Å². The maximum Gasteiger partial charge on any atom is 0.264 e. The molecule has 0 spiro atoms. The monoisotopic (exact) mass is 399 g/mol. The highest BCUT2D eigenvalue weighted by Gasteiger charge is 2.46. The summed E-state index contributed by atoms with van der Waals surface area (Å²) in [7, 11) is -1.97. The summed E-state index contributed by atoms with van der Waals surface area (Å²) in [5.74, 6) is 0.794. The van der Waals surface area contributed by atoms with Crippen LogP contribution in [-0.4, -0.2) is 26.4 Å². The first-order chi connectivity index (χ1) is 13.3. The van der Waals surface area contributed by atoms with Crippen molar-refractivity contribution in [3.63, 3.8) is 0 Å². The van der Waals surface area contributed by atoms with Crippen LogP contribution in [0.25, 0.3) is 0 Å². The van der Waals surface area contributed by atoms with Gasteiger partial charge in [-0.3, -0.25) is 4.31 Å². The zero-order valence-electron chi connectivity index (χ0n) is 16.9. The molecule has 0 radical (unpaired) electrons. The Morgan fingerprint density at radius 3 is 2.32 bits per heavy atom. The van der Waals surface area contributed by atoms with Crippen molar-refractivity contribution in [2.45, 2.75) is 49.8 Å². The lowest BCUT2D eigenvalue weighted by Gasteiger charge is -2.33. The van der Waals surface area contributed by atoms with Gasteiger partial charge in [-0.15, -0.1) is 0 Å². The van der Waals surface area contributed by atoms with Crippen molar-refractivity contribution in [1.29, 1.82) is 0 Å². The number of sulfonamides is 1. The molecule has 150 valence electrons. The molecular weight excluding hydrogens is 370 g/mol. The molecule has 1 atom stereocenters. The average Bonchev–Trinajstić information content (AvgIpc) is 3.05. The fourth-order valence-electron chi connectivity index (χ4n) is 4.03. The van der Waals surface area contributed by atoms with Crippen molar-refractivity contribution in [3.05, 3.63) is 71.9 Å². The van der Waals surface area contributed by atoms with E-state index in [1.165, 1.54) is 4.31 Å². The zero-order valence-corrected chi connectivity index (χ0v) is 17.8. The minimum Gasteiger partial charge on any atom is -0.497 e. The molecular formula is C23H29NO3S. The van der Waals surface area contributed by atoms with E-state index < -0.39 is 10.0 Å².